The number of nitrogens with two attached hydrogens (primary N) is 1. The maximum atomic E-state index is 11.3. The first-order chi connectivity index (χ1) is 7.77. The molecule has 0 radical (unpaired) electrons. The minimum Gasteiger partial charge on any atom is -0.364 e. The van der Waals surface area contributed by atoms with Gasteiger partial charge in [0.15, 0.2) is 5.69 Å². The van der Waals surface area contributed by atoms with E-state index in [1.54, 1.807) is 0 Å². The zero-order valence-corrected chi connectivity index (χ0v) is 8.27. The van der Waals surface area contributed by atoms with E-state index in [0.29, 0.717) is 5.52 Å². The molecule has 0 atom stereocenters. The first-order valence-corrected chi connectivity index (χ1v) is 4.79. The third kappa shape index (κ3) is 1.08. The number of primary amides is 1. The van der Waals surface area contributed by atoms with Gasteiger partial charge in [0.25, 0.3) is 5.91 Å². The SMILES string of the molecule is NC(=O)c1nc2ccccc2c2[nH]cnc12. The summed E-state index contributed by atoms with van der Waals surface area (Å²) in [6.45, 7) is 0. The largest absolute Gasteiger partial charge is 0.364 e. The molecule has 0 saturated heterocycles. The maximum absolute atomic E-state index is 11.3. The molecular formula is C11H8N4O. The van der Waals surface area contributed by atoms with Crippen LogP contribution in [0.2, 0.25) is 0 Å². The summed E-state index contributed by atoms with van der Waals surface area (Å²) in [6, 6.07) is 7.53. The minimum absolute atomic E-state index is 0.204. The van der Waals surface area contributed by atoms with Crippen LogP contribution in [0.25, 0.3) is 21.9 Å². The molecule has 2 aromatic heterocycles. The standard InChI is InChI=1S/C11H8N4O/c12-11(16)10-9-8(13-5-14-9)6-3-1-2-4-7(6)15-10/h1-5H,(H2,12,16)(H,13,14). The summed E-state index contributed by atoms with van der Waals surface area (Å²) in [7, 11) is 0. The van der Waals surface area contributed by atoms with Crippen molar-refractivity contribution in [1.29, 1.82) is 0 Å². The van der Waals surface area contributed by atoms with Crippen LogP contribution in [0.4, 0.5) is 0 Å². The molecule has 3 rings (SSSR count). The number of carbonyl (C=O) groups is 1. The van der Waals surface area contributed by atoms with Gasteiger partial charge in [0.05, 0.1) is 17.4 Å². The maximum Gasteiger partial charge on any atom is 0.269 e. The summed E-state index contributed by atoms with van der Waals surface area (Å²) in [5.74, 6) is -0.567. The van der Waals surface area contributed by atoms with Crippen LogP contribution in [0.5, 0.6) is 0 Å². The molecule has 3 N–H and O–H groups in total. The number of aromatic nitrogens is 3. The highest BCUT2D eigenvalue weighted by molar-refractivity contribution is 6.11. The monoisotopic (exact) mass is 212 g/mol. The number of nitrogens with zero attached hydrogens (tertiary/aromatic N) is 2. The average molecular weight is 212 g/mol. The fourth-order valence-corrected chi connectivity index (χ4v) is 1.81. The van der Waals surface area contributed by atoms with Gasteiger partial charge in [0.1, 0.15) is 5.52 Å². The summed E-state index contributed by atoms with van der Waals surface area (Å²) in [4.78, 5) is 22.6. The number of amides is 1. The number of imidazole rings is 1. The zero-order valence-electron chi connectivity index (χ0n) is 8.27. The number of H-pyrrole nitrogens is 1. The van der Waals surface area contributed by atoms with Crippen molar-refractivity contribution in [2.45, 2.75) is 0 Å². The molecule has 1 amide bonds. The number of benzene rings is 1. The Bertz CT molecular complexity index is 701. The van der Waals surface area contributed by atoms with E-state index in [1.807, 2.05) is 24.3 Å². The Hall–Kier alpha value is -2.43. The molecule has 0 bridgehead atoms. The lowest BCUT2D eigenvalue weighted by Crippen LogP contribution is -2.13. The van der Waals surface area contributed by atoms with E-state index in [-0.39, 0.29) is 5.69 Å². The number of carbonyl (C=O) groups excluding carboxylic acids is 1. The highest BCUT2D eigenvalue weighted by Gasteiger charge is 2.13. The van der Waals surface area contributed by atoms with E-state index in [9.17, 15) is 4.79 Å². The second-order valence-corrected chi connectivity index (χ2v) is 3.47. The van der Waals surface area contributed by atoms with Crippen LogP contribution in [0.3, 0.4) is 0 Å². The van der Waals surface area contributed by atoms with Crippen LogP contribution in [-0.2, 0) is 0 Å². The summed E-state index contributed by atoms with van der Waals surface area (Å²) in [5, 5.41) is 0.931. The van der Waals surface area contributed by atoms with E-state index in [1.165, 1.54) is 6.33 Å². The van der Waals surface area contributed by atoms with Crippen molar-refractivity contribution in [3.63, 3.8) is 0 Å². The topological polar surface area (TPSA) is 84.7 Å². The highest BCUT2D eigenvalue weighted by atomic mass is 16.1. The van der Waals surface area contributed by atoms with E-state index >= 15 is 0 Å². The Morgan fingerprint density at radius 2 is 2.12 bits per heavy atom. The van der Waals surface area contributed by atoms with E-state index in [0.717, 1.165) is 16.4 Å². The molecule has 2 heterocycles. The van der Waals surface area contributed by atoms with Gasteiger partial charge in [-0.25, -0.2) is 9.97 Å². The number of para-hydroxylation sites is 1. The molecule has 0 aliphatic carbocycles. The van der Waals surface area contributed by atoms with Crippen LogP contribution in [-0.4, -0.2) is 20.9 Å². The summed E-state index contributed by atoms with van der Waals surface area (Å²) >= 11 is 0. The molecule has 16 heavy (non-hydrogen) atoms. The van der Waals surface area contributed by atoms with Gasteiger partial charge in [-0.3, -0.25) is 4.79 Å². The van der Waals surface area contributed by atoms with Crippen molar-refractivity contribution in [3.8, 4) is 0 Å². The van der Waals surface area contributed by atoms with Crippen LogP contribution in [0, 0.1) is 0 Å². The quantitative estimate of drug-likeness (QED) is 0.635. The zero-order chi connectivity index (χ0) is 11.1. The van der Waals surface area contributed by atoms with Crippen molar-refractivity contribution >= 4 is 27.8 Å². The van der Waals surface area contributed by atoms with E-state index < -0.39 is 5.91 Å². The van der Waals surface area contributed by atoms with Crippen molar-refractivity contribution in [2.24, 2.45) is 5.73 Å². The molecule has 5 heteroatoms. The lowest BCUT2D eigenvalue weighted by atomic mass is 10.1. The number of pyridine rings is 1. The van der Waals surface area contributed by atoms with Gasteiger partial charge in [-0.05, 0) is 6.07 Å². The molecule has 0 spiro atoms. The molecule has 0 aliphatic heterocycles. The summed E-state index contributed by atoms with van der Waals surface area (Å²) < 4.78 is 0. The fraction of sp³-hybridized carbons (Fsp3) is 0. The Morgan fingerprint density at radius 3 is 2.94 bits per heavy atom. The van der Waals surface area contributed by atoms with Gasteiger partial charge >= 0.3 is 0 Å². The Kier molecular flexibility index (Phi) is 1.67. The highest BCUT2D eigenvalue weighted by Crippen LogP contribution is 2.22. The van der Waals surface area contributed by atoms with Gasteiger partial charge < -0.3 is 10.7 Å². The number of hydrogen-bond donors (Lipinski definition) is 2. The van der Waals surface area contributed by atoms with Crippen molar-refractivity contribution < 1.29 is 4.79 Å². The predicted octanol–water partition coefficient (Wildman–Crippen LogP) is 1.21. The molecule has 3 aromatic rings. The van der Waals surface area contributed by atoms with Crippen molar-refractivity contribution in [3.05, 3.63) is 36.3 Å². The van der Waals surface area contributed by atoms with E-state index in [4.69, 9.17) is 5.73 Å². The van der Waals surface area contributed by atoms with Gasteiger partial charge in [0, 0.05) is 5.39 Å². The predicted molar refractivity (Wildman–Crippen MR) is 59.9 cm³/mol. The normalized spacial score (nSPS) is 11.0. The first kappa shape index (κ1) is 8.84. The van der Waals surface area contributed by atoms with Gasteiger partial charge in [-0.2, -0.15) is 0 Å². The Morgan fingerprint density at radius 1 is 1.31 bits per heavy atom. The van der Waals surface area contributed by atoms with Crippen LogP contribution < -0.4 is 5.73 Å². The molecule has 78 valence electrons. The van der Waals surface area contributed by atoms with E-state index in [2.05, 4.69) is 15.0 Å². The first-order valence-electron chi connectivity index (χ1n) is 4.79. The Balaban J connectivity index is 2.58. The molecule has 0 unspecified atom stereocenters. The van der Waals surface area contributed by atoms with Crippen molar-refractivity contribution in [1.82, 2.24) is 15.0 Å². The second kappa shape index (κ2) is 3.03. The number of rotatable bonds is 1. The summed E-state index contributed by atoms with van der Waals surface area (Å²) in [6.07, 6.45) is 1.53. The lowest BCUT2D eigenvalue weighted by Gasteiger charge is -2.01. The van der Waals surface area contributed by atoms with Gasteiger partial charge in [-0.1, -0.05) is 18.2 Å². The van der Waals surface area contributed by atoms with Crippen LogP contribution >= 0.6 is 0 Å². The molecule has 1 aromatic carbocycles. The van der Waals surface area contributed by atoms with Gasteiger partial charge in [0.2, 0.25) is 0 Å². The van der Waals surface area contributed by atoms with Crippen LogP contribution in [0.1, 0.15) is 10.5 Å². The summed E-state index contributed by atoms with van der Waals surface area (Å²) in [5.41, 5.74) is 7.52. The third-order valence-electron chi connectivity index (χ3n) is 2.50. The molecular weight excluding hydrogens is 204 g/mol. The van der Waals surface area contributed by atoms with Gasteiger partial charge in [-0.15, -0.1) is 0 Å². The molecule has 5 nitrogen and oxygen atoms in total. The molecule has 0 saturated carbocycles. The van der Waals surface area contributed by atoms with Crippen LogP contribution in [0.15, 0.2) is 30.6 Å². The Labute approximate surface area is 90.3 Å². The smallest absolute Gasteiger partial charge is 0.269 e. The molecule has 0 fully saturated rings. The molecule has 0 aliphatic rings. The van der Waals surface area contributed by atoms with Crippen molar-refractivity contribution in [2.75, 3.05) is 0 Å². The number of nitrogens with one attached hydrogen (secondary N) is 1. The number of hydrogen-bond acceptors (Lipinski definition) is 3. The minimum atomic E-state index is -0.567. The lowest BCUT2D eigenvalue weighted by molar-refractivity contribution is 0.0997. The average Bonchev–Trinajstić information content (AvgIpc) is 2.76. The second-order valence-electron chi connectivity index (χ2n) is 3.47. The fourth-order valence-electron chi connectivity index (χ4n) is 1.81. The number of fused-ring (bicyclic) bond motifs is 3. The number of aromatic amines is 1. The third-order valence-corrected chi connectivity index (χ3v) is 2.50.